The number of nitrogens with zero attached hydrogens (tertiary/aromatic N) is 2. The van der Waals surface area contributed by atoms with Gasteiger partial charge in [0.2, 0.25) is 0 Å². The molecular weight excluding hydrogens is 384 g/mol. The second kappa shape index (κ2) is 7.29. The molecule has 0 N–H and O–H groups in total. The summed E-state index contributed by atoms with van der Waals surface area (Å²) >= 11 is 1.69. The number of fused-ring (bicyclic) bond motifs is 2. The maximum absolute atomic E-state index is 13.1. The molecule has 0 spiro atoms. The van der Waals surface area contributed by atoms with Gasteiger partial charge in [0.25, 0.3) is 0 Å². The fraction of sp³-hybridized carbons (Fsp3) is 0.174. The SMILES string of the molecule is Cc1cc(COC(=O)c2c3c(nc4ccccc24)/C(=C/c2cccs2)CC3)no1. The molecule has 3 aromatic heterocycles. The second-order valence-electron chi connectivity index (χ2n) is 7.02. The molecule has 6 heteroatoms. The van der Waals surface area contributed by atoms with E-state index in [1.54, 1.807) is 17.4 Å². The van der Waals surface area contributed by atoms with Crippen molar-refractivity contribution in [3.63, 3.8) is 0 Å². The number of esters is 1. The molecule has 1 aliphatic carbocycles. The summed E-state index contributed by atoms with van der Waals surface area (Å²) in [6.07, 6.45) is 3.81. The first-order valence-corrected chi connectivity index (χ1v) is 10.3. The number of para-hydroxylation sites is 1. The van der Waals surface area contributed by atoms with Crippen LogP contribution in [0.4, 0.5) is 0 Å². The van der Waals surface area contributed by atoms with Gasteiger partial charge in [-0.25, -0.2) is 9.78 Å². The Kier molecular flexibility index (Phi) is 4.48. The summed E-state index contributed by atoms with van der Waals surface area (Å²) in [7, 11) is 0. The summed E-state index contributed by atoms with van der Waals surface area (Å²) in [5, 5.41) is 6.78. The van der Waals surface area contributed by atoms with Gasteiger partial charge in [-0.2, -0.15) is 0 Å². The summed E-state index contributed by atoms with van der Waals surface area (Å²) in [6, 6.07) is 13.6. The van der Waals surface area contributed by atoms with Crippen molar-refractivity contribution in [2.75, 3.05) is 0 Å². The van der Waals surface area contributed by atoms with E-state index in [9.17, 15) is 4.79 Å². The monoisotopic (exact) mass is 402 g/mol. The highest BCUT2D eigenvalue weighted by Gasteiger charge is 2.27. The van der Waals surface area contributed by atoms with Gasteiger partial charge in [-0.1, -0.05) is 29.4 Å². The van der Waals surface area contributed by atoms with E-state index in [2.05, 4.69) is 22.7 Å². The standard InChI is InChI=1S/C23H18N2O3S/c1-14-11-16(25-28-14)13-27-23(26)21-18-6-2-3-7-20(18)24-22-15(8-9-19(21)22)12-17-5-4-10-29-17/h2-7,10-12H,8-9,13H2,1H3/b15-12+. The molecule has 3 heterocycles. The lowest BCUT2D eigenvalue weighted by Gasteiger charge is -2.12. The lowest BCUT2D eigenvalue weighted by Crippen LogP contribution is -2.10. The zero-order chi connectivity index (χ0) is 19.8. The highest BCUT2D eigenvalue weighted by Crippen LogP contribution is 2.38. The Hall–Kier alpha value is -3.25. The Morgan fingerprint density at radius 2 is 2.14 bits per heavy atom. The number of thiophene rings is 1. The van der Waals surface area contributed by atoms with E-state index in [1.165, 1.54) is 4.88 Å². The van der Waals surface area contributed by atoms with Gasteiger partial charge in [-0.3, -0.25) is 0 Å². The smallest absolute Gasteiger partial charge is 0.339 e. The van der Waals surface area contributed by atoms with E-state index >= 15 is 0 Å². The molecule has 5 rings (SSSR count). The first-order chi connectivity index (χ1) is 14.2. The fourth-order valence-corrected chi connectivity index (χ4v) is 4.44. The average molecular weight is 402 g/mol. The van der Waals surface area contributed by atoms with Crippen LogP contribution in [0, 0.1) is 6.92 Å². The summed E-state index contributed by atoms with van der Waals surface area (Å²) in [4.78, 5) is 19.2. The van der Waals surface area contributed by atoms with Crippen LogP contribution < -0.4 is 0 Å². The van der Waals surface area contributed by atoms with E-state index < -0.39 is 0 Å². The van der Waals surface area contributed by atoms with Crippen molar-refractivity contribution in [2.45, 2.75) is 26.4 Å². The van der Waals surface area contributed by atoms with Crippen molar-refractivity contribution in [3.05, 3.63) is 81.0 Å². The summed E-state index contributed by atoms with van der Waals surface area (Å²) in [6.45, 7) is 1.89. The molecule has 0 atom stereocenters. The molecule has 0 radical (unpaired) electrons. The number of benzene rings is 1. The van der Waals surface area contributed by atoms with Gasteiger partial charge in [0.05, 0.1) is 16.8 Å². The molecule has 144 valence electrons. The van der Waals surface area contributed by atoms with Crippen LogP contribution in [0.3, 0.4) is 0 Å². The Morgan fingerprint density at radius 1 is 1.24 bits per heavy atom. The van der Waals surface area contributed by atoms with Crippen LogP contribution in [-0.4, -0.2) is 16.1 Å². The molecule has 0 fully saturated rings. The van der Waals surface area contributed by atoms with Crippen LogP contribution in [0.25, 0.3) is 22.6 Å². The van der Waals surface area contributed by atoms with Crippen molar-refractivity contribution >= 4 is 39.9 Å². The van der Waals surface area contributed by atoms with Gasteiger partial charge in [-0.15, -0.1) is 11.3 Å². The predicted octanol–water partition coefficient (Wildman–Crippen LogP) is 5.44. The van der Waals surface area contributed by atoms with Crippen LogP contribution in [0.5, 0.6) is 0 Å². The molecule has 5 nitrogen and oxygen atoms in total. The Balaban J connectivity index is 1.56. The topological polar surface area (TPSA) is 65.2 Å². The number of aryl methyl sites for hydroxylation is 1. The van der Waals surface area contributed by atoms with Crippen molar-refractivity contribution in [1.29, 1.82) is 0 Å². The molecule has 0 aliphatic heterocycles. The first kappa shape index (κ1) is 17.8. The van der Waals surface area contributed by atoms with E-state index in [1.807, 2.05) is 37.3 Å². The Bertz CT molecular complexity index is 1240. The molecule has 4 aromatic rings. The number of aromatic nitrogens is 2. The van der Waals surface area contributed by atoms with Crippen LogP contribution in [-0.2, 0) is 17.8 Å². The summed E-state index contributed by atoms with van der Waals surface area (Å²) in [5.41, 5.74) is 5.04. The second-order valence-corrected chi connectivity index (χ2v) is 8.00. The summed E-state index contributed by atoms with van der Waals surface area (Å²) in [5.74, 6) is 0.340. The number of ether oxygens (including phenoxy) is 1. The van der Waals surface area contributed by atoms with E-state index in [-0.39, 0.29) is 12.6 Å². The van der Waals surface area contributed by atoms with Crippen molar-refractivity contribution < 1.29 is 14.1 Å². The largest absolute Gasteiger partial charge is 0.455 e. The molecular formula is C23H18N2O3S. The quantitative estimate of drug-likeness (QED) is 0.426. The number of hydrogen-bond donors (Lipinski definition) is 0. The van der Waals surface area contributed by atoms with Crippen LogP contribution in [0.1, 0.15) is 44.4 Å². The molecule has 1 aromatic carbocycles. The fourth-order valence-electron chi connectivity index (χ4n) is 3.75. The van der Waals surface area contributed by atoms with E-state index in [0.717, 1.165) is 40.6 Å². The minimum absolute atomic E-state index is 0.0828. The third-order valence-electron chi connectivity index (χ3n) is 5.03. The molecule has 0 amide bonds. The lowest BCUT2D eigenvalue weighted by molar-refractivity contribution is 0.0465. The molecule has 0 saturated carbocycles. The maximum Gasteiger partial charge on any atom is 0.339 e. The third kappa shape index (κ3) is 3.36. The van der Waals surface area contributed by atoms with E-state index in [4.69, 9.17) is 14.2 Å². The van der Waals surface area contributed by atoms with Crippen LogP contribution in [0.2, 0.25) is 0 Å². The molecule has 1 aliphatic rings. The van der Waals surface area contributed by atoms with Gasteiger partial charge in [0.1, 0.15) is 18.1 Å². The van der Waals surface area contributed by atoms with Crippen molar-refractivity contribution in [3.8, 4) is 0 Å². The average Bonchev–Trinajstić information content (AvgIpc) is 3.47. The minimum Gasteiger partial charge on any atom is -0.455 e. The first-order valence-electron chi connectivity index (χ1n) is 9.44. The predicted molar refractivity (Wildman–Crippen MR) is 113 cm³/mol. The normalized spacial score (nSPS) is 14.4. The summed E-state index contributed by atoms with van der Waals surface area (Å²) < 4.78 is 10.6. The molecule has 29 heavy (non-hydrogen) atoms. The number of carbonyl (C=O) groups excluding carboxylic acids is 1. The van der Waals surface area contributed by atoms with Gasteiger partial charge < -0.3 is 9.26 Å². The highest BCUT2D eigenvalue weighted by molar-refractivity contribution is 7.10. The number of allylic oxidation sites excluding steroid dienone is 1. The van der Waals surface area contributed by atoms with Gasteiger partial charge in [-0.05, 0) is 54.5 Å². The number of pyridine rings is 1. The number of rotatable bonds is 4. The molecule has 0 unspecified atom stereocenters. The Labute approximate surface area is 171 Å². The zero-order valence-corrected chi connectivity index (χ0v) is 16.7. The number of carbonyl (C=O) groups is 1. The van der Waals surface area contributed by atoms with Crippen LogP contribution in [0.15, 0.2) is 52.4 Å². The lowest BCUT2D eigenvalue weighted by atomic mass is 10.0. The number of hydrogen-bond acceptors (Lipinski definition) is 6. The highest BCUT2D eigenvalue weighted by atomic mass is 32.1. The van der Waals surface area contributed by atoms with Gasteiger partial charge >= 0.3 is 5.97 Å². The zero-order valence-electron chi connectivity index (χ0n) is 15.8. The van der Waals surface area contributed by atoms with Crippen LogP contribution >= 0.6 is 11.3 Å². The van der Waals surface area contributed by atoms with Gasteiger partial charge in [0, 0.05) is 16.3 Å². The molecule has 0 saturated heterocycles. The van der Waals surface area contributed by atoms with Gasteiger partial charge in [0.15, 0.2) is 0 Å². The van der Waals surface area contributed by atoms with E-state index in [0.29, 0.717) is 17.0 Å². The third-order valence-corrected chi connectivity index (χ3v) is 5.85. The molecule has 0 bridgehead atoms. The minimum atomic E-state index is -0.349. The maximum atomic E-state index is 13.1. The van der Waals surface area contributed by atoms with Crippen molar-refractivity contribution in [1.82, 2.24) is 10.1 Å². The van der Waals surface area contributed by atoms with Crippen molar-refractivity contribution in [2.24, 2.45) is 0 Å². The Morgan fingerprint density at radius 3 is 2.93 bits per heavy atom.